The van der Waals surface area contributed by atoms with Gasteiger partial charge in [0.05, 0.1) is 28.6 Å². The molecule has 1 heterocycles. The predicted molar refractivity (Wildman–Crippen MR) is 174 cm³/mol. The lowest BCUT2D eigenvalue weighted by Crippen LogP contribution is -2.55. The fraction of sp³-hybridized carbons (Fsp3) is 0.767. The van der Waals surface area contributed by atoms with Crippen LogP contribution >= 0.6 is 11.3 Å². The molecule has 0 aromatic carbocycles. The van der Waals surface area contributed by atoms with Gasteiger partial charge in [-0.25, -0.2) is 18.2 Å². The summed E-state index contributed by atoms with van der Waals surface area (Å²) < 4.78 is 29.5. The van der Waals surface area contributed by atoms with Crippen molar-refractivity contribution in [2.45, 2.75) is 106 Å². The zero-order chi connectivity index (χ0) is 34.6. The van der Waals surface area contributed by atoms with E-state index in [4.69, 9.17) is 4.74 Å². The maximum Gasteiger partial charge on any atom is 0.408 e. The fourth-order valence-electron chi connectivity index (χ4n) is 4.49. The van der Waals surface area contributed by atoms with Crippen LogP contribution in [-0.4, -0.2) is 85.1 Å². The highest BCUT2D eigenvalue weighted by Gasteiger charge is 2.33. The van der Waals surface area contributed by atoms with Gasteiger partial charge in [0.2, 0.25) is 17.7 Å². The molecule has 0 aliphatic carbocycles. The number of nitrogens with one attached hydrogen (secondary N) is 4. The van der Waals surface area contributed by atoms with Crippen molar-refractivity contribution in [2.75, 3.05) is 18.6 Å². The fourth-order valence-corrected chi connectivity index (χ4v) is 6.15. The van der Waals surface area contributed by atoms with Gasteiger partial charge in [0, 0.05) is 23.6 Å². The monoisotopic (exact) mass is 675 g/mol. The summed E-state index contributed by atoms with van der Waals surface area (Å²) in [6.07, 6.45) is -0.971. The molecule has 4 amide bonds. The van der Waals surface area contributed by atoms with Crippen LogP contribution in [0.3, 0.4) is 0 Å². The summed E-state index contributed by atoms with van der Waals surface area (Å²) in [4.78, 5) is 56.8. The van der Waals surface area contributed by atoms with Crippen LogP contribution in [-0.2, 0) is 35.6 Å². The van der Waals surface area contributed by atoms with Crippen LogP contribution in [0.4, 0.5) is 4.79 Å². The van der Waals surface area contributed by atoms with Crippen molar-refractivity contribution in [1.82, 2.24) is 26.3 Å². The molecule has 0 aliphatic heterocycles. The van der Waals surface area contributed by atoms with E-state index in [-0.39, 0.29) is 36.7 Å². The number of nitrogens with zero attached hydrogens (tertiary/aromatic N) is 1. The minimum absolute atomic E-state index is 0.0140. The highest BCUT2D eigenvalue weighted by molar-refractivity contribution is 7.90. The van der Waals surface area contributed by atoms with E-state index in [9.17, 15) is 32.7 Å². The van der Waals surface area contributed by atoms with Crippen LogP contribution in [0, 0.1) is 37.5 Å². The van der Waals surface area contributed by atoms with Crippen LogP contribution in [0.15, 0.2) is 0 Å². The van der Waals surface area contributed by atoms with Gasteiger partial charge in [-0.3, -0.25) is 14.4 Å². The van der Waals surface area contributed by atoms with Gasteiger partial charge in [-0.05, 0) is 44.4 Å². The maximum absolute atomic E-state index is 13.3. The van der Waals surface area contributed by atoms with Crippen molar-refractivity contribution < 1.29 is 37.4 Å². The van der Waals surface area contributed by atoms with Crippen molar-refractivity contribution in [3.63, 3.8) is 0 Å². The minimum atomic E-state index is -3.72. The average molecular weight is 676 g/mol. The van der Waals surface area contributed by atoms with Crippen LogP contribution in [0.5, 0.6) is 0 Å². The molecular formula is C30H53N5O8S2. The van der Waals surface area contributed by atoms with E-state index in [1.54, 1.807) is 6.92 Å². The number of alkyl carbamates (subject to hydrolysis) is 1. The van der Waals surface area contributed by atoms with Gasteiger partial charge >= 0.3 is 6.09 Å². The lowest BCUT2D eigenvalue weighted by molar-refractivity contribution is -0.132. The van der Waals surface area contributed by atoms with Crippen molar-refractivity contribution in [2.24, 2.45) is 23.7 Å². The Kier molecular flexibility index (Phi) is 16.4. The number of ether oxygens (including phenoxy) is 1. The standard InChI is InChI=1S/C30H53N5O8S2/c1-16(2)11-22(25(36)12-19(7)27(37)35-26(18(5)6)29(39)31-13-17(3)4)33-28(38)24(15-45(10,41)42)34-30(40)43-14-23-20(8)44-21(9)32-23/h16-19,22,24-26,36H,11-15H2,1-10H3,(H,31,39)(H,33,38)(H,34,40)(H,35,37)/t19-,22+,24+,25+,26+/m1/s1. The first-order valence-corrected chi connectivity index (χ1v) is 18.2. The average Bonchev–Trinajstić information content (AvgIpc) is 3.23. The number of sulfone groups is 1. The number of amides is 4. The van der Waals surface area contributed by atoms with Crippen LogP contribution in [0.1, 0.15) is 76.9 Å². The maximum atomic E-state index is 13.3. The molecule has 1 aromatic rings. The Morgan fingerprint density at radius 3 is 2.00 bits per heavy atom. The normalized spacial score (nSPS) is 15.2. The van der Waals surface area contributed by atoms with E-state index in [0.717, 1.165) is 16.1 Å². The van der Waals surface area contributed by atoms with Gasteiger partial charge < -0.3 is 31.1 Å². The molecule has 258 valence electrons. The summed E-state index contributed by atoms with van der Waals surface area (Å²) in [6, 6.07) is -3.11. The van der Waals surface area contributed by atoms with Gasteiger partial charge in [0.1, 0.15) is 28.5 Å². The van der Waals surface area contributed by atoms with E-state index in [2.05, 4.69) is 26.3 Å². The van der Waals surface area contributed by atoms with Crippen molar-refractivity contribution in [3.8, 4) is 0 Å². The van der Waals surface area contributed by atoms with E-state index in [1.165, 1.54) is 11.3 Å². The number of aliphatic hydroxyl groups excluding tert-OH is 1. The highest BCUT2D eigenvalue weighted by atomic mass is 32.2. The number of hydrogen-bond acceptors (Lipinski definition) is 10. The second kappa shape index (κ2) is 18.4. The smallest absolute Gasteiger partial charge is 0.408 e. The predicted octanol–water partition coefficient (Wildman–Crippen LogP) is 2.23. The van der Waals surface area contributed by atoms with Gasteiger partial charge in [0.25, 0.3) is 0 Å². The summed E-state index contributed by atoms with van der Waals surface area (Å²) in [6.45, 7) is 16.9. The SMILES string of the molecule is Cc1nc(COC(=O)N[C@@H](CS(C)(=O)=O)C(=O)N[C@@H](CC(C)C)[C@@H](O)C[C@@H](C)C(=O)N[C@H](C(=O)NCC(C)C)C(C)C)c(C)s1. The number of aryl methyl sites for hydroxylation is 2. The molecule has 5 atom stereocenters. The van der Waals surface area contributed by atoms with Crippen LogP contribution in [0.25, 0.3) is 0 Å². The van der Waals surface area contributed by atoms with E-state index in [1.807, 2.05) is 55.4 Å². The summed E-state index contributed by atoms with van der Waals surface area (Å²) in [5, 5.41) is 22.6. The molecule has 0 radical (unpaired) electrons. The van der Waals surface area contributed by atoms with Crippen LogP contribution in [0.2, 0.25) is 0 Å². The third kappa shape index (κ3) is 15.4. The second-order valence-corrected chi connectivity index (χ2v) is 16.5. The molecule has 0 saturated heterocycles. The molecule has 1 aromatic heterocycles. The van der Waals surface area contributed by atoms with Gasteiger partial charge in [0.15, 0.2) is 0 Å². The Morgan fingerprint density at radius 2 is 1.51 bits per heavy atom. The Balaban J connectivity index is 2.98. The summed E-state index contributed by atoms with van der Waals surface area (Å²) >= 11 is 1.44. The van der Waals surface area contributed by atoms with Gasteiger partial charge in [-0.1, -0.05) is 48.5 Å². The first kappa shape index (κ1) is 40.2. The molecular weight excluding hydrogens is 622 g/mol. The lowest BCUT2D eigenvalue weighted by atomic mass is 9.91. The Morgan fingerprint density at radius 1 is 0.889 bits per heavy atom. The Labute approximate surface area is 272 Å². The number of carbonyl (C=O) groups is 4. The third-order valence-electron chi connectivity index (χ3n) is 6.91. The van der Waals surface area contributed by atoms with Gasteiger partial charge in [-0.2, -0.15) is 0 Å². The molecule has 0 unspecified atom stereocenters. The number of aliphatic hydroxyl groups is 1. The lowest BCUT2D eigenvalue weighted by Gasteiger charge is -2.30. The number of rotatable bonds is 18. The zero-order valence-corrected chi connectivity index (χ0v) is 29.9. The summed E-state index contributed by atoms with van der Waals surface area (Å²) in [5.74, 6) is -2.86. The Bertz CT molecular complexity index is 1250. The number of hydrogen-bond donors (Lipinski definition) is 5. The molecule has 1 rings (SSSR count). The third-order valence-corrected chi connectivity index (χ3v) is 8.78. The molecule has 15 heteroatoms. The van der Waals surface area contributed by atoms with Crippen molar-refractivity contribution >= 4 is 45.0 Å². The van der Waals surface area contributed by atoms with E-state index >= 15 is 0 Å². The molecule has 0 spiro atoms. The molecule has 45 heavy (non-hydrogen) atoms. The summed E-state index contributed by atoms with van der Waals surface area (Å²) in [7, 11) is -3.72. The van der Waals surface area contributed by atoms with E-state index in [0.29, 0.717) is 18.7 Å². The van der Waals surface area contributed by atoms with Gasteiger partial charge in [-0.15, -0.1) is 11.3 Å². The summed E-state index contributed by atoms with van der Waals surface area (Å²) in [5.41, 5.74) is 0.561. The quantitative estimate of drug-likeness (QED) is 0.155. The number of thiazole rings is 1. The number of carbonyl (C=O) groups excluding carboxylic acids is 4. The second-order valence-electron chi connectivity index (χ2n) is 12.9. The van der Waals surface area contributed by atoms with Crippen LogP contribution < -0.4 is 21.3 Å². The topological polar surface area (TPSA) is 193 Å². The molecule has 0 fully saturated rings. The van der Waals surface area contributed by atoms with Crippen molar-refractivity contribution in [1.29, 1.82) is 0 Å². The molecule has 0 saturated carbocycles. The minimum Gasteiger partial charge on any atom is -0.443 e. The number of aromatic nitrogens is 1. The Hall–Kier alpha value is -2.78. The van der Waals surface area contributed by atoms with E-state index < -0.39 is 63.6 Å². The molecule has 0 aliphatic rings. The highest BCUT2D eigenvalue weighted by Crippen LogP contribution is 2.18. The first-order valence-electron chi connectivity index (χ1n) is 15.3. The molecule has 0 bridgehead atoms. The van der Waals surface area contributed by atoms with Crippen molar-refractivity contribution in [3.05, 3.63) is 15.6 Å². The molecule has 5 N–H and O–H groups in total. The largest absolute Gasteiger partial charge is 0.443 e. The first-order chi connectivity index (χ1) is 20.7. The zero-order valence-electron chi connectivity index (χ0n) is 28.2. The molecule has 13 nitrogen and oxygen atoms in total.